The first-order valence-corrected chi connectivity index (χ1v) is 12.5. The van der Waals surface area contributed by atoms with Gasteiger partial charge in [0.15, 0.2) is 5.57 Å². The van der Waals surface area contributed by atoms with Crippen LogP contribution in [0.5, 0.6) is 0 Å². The molecule has 1 aliphatic heterocycles. The van der Waals surface area contributed by atoms with Crippen molar-refractivity contribution < 1.29 is 13.9 Å². The number of anilines is 1. The number of nitrogens with zero attached hydrogens (tertiary/aromatic N) is 4. The number of rotatable bonds is 8. The molecule has 3 heterocycles. The SMILES string of the molecule is CN(C)c1ccc(C=c2sc(=C(C#N)C(=O)NCCN3CCOCC3)n(Cc3ccco3)c2=O)cc1. The Morgan fingerprint density at radius 1 is 1.22 bits per heavy atom. The van der Waals surface area contributed by atoms with Crippen LogP contribution in [0.3, 0.4) is 0 Å². The Labute approximate surface area is 213 Å². The first-order chi connectivity index (χ1) is 17.5. The van der Waals surface area contributed by atoms with Crippen molar-refractivity contribution in [3.8, 4) is 6.07 Å². The van der Waals surface area contributed by atoms with E-state index in [1.54, 1.807) is 18.2 Å². The minimum atomic E-state index is -0.498. The fraction of sp³-hybridized carbons (Fsp3) is 0.346. The zero-order valence-electron chi connectivity index (χ0n) is 20.4. The molecule has 0 bridgehead atoms. The van der Waals surface area contributed by atoms with E-state index in [-0.39, 0.29) is 17.7 Å². The second-order valence-electron chi connectivity index (χ2n) is 8.57. The quantitative estimate of drug-likeness (QED) is 0.475. The number of carbonyl (C=O) groups excluding carboxylic acids is 1. The van der Waals surface area contributed by atoms with Gasteiger partial charge in [-0.1, -0.05) is 12.1 Å². The fourth-order valence-corrected chi connectivity index (χ4v) is 4.96. The predicted molar refractivity (Wildman–Crippen MR) is 139 cm³/mol. The number of thiazole rings is 1. The van der Waals surface area contributed by atoms with Crippen molar-refractivity contribution >= 4 is 34.6 Å². The van der Waals surface area contributed by atoms with Gasteiger partial charge in [0.25, 0.3) is 11.5 Å². The summed E-state index contributed by atoms with van der Waals surface area (Å²) in [6.07, 6.45) is 3.30. The highest BCUT2D eigenvalue weighted by Gasteiger charge is 2.17. The predicted octanol–water partition coefficient (Wildman–Crippen LogP) is 0.569. The second kappa shape index (κ2) is 11.9. The monoisotopic (exact) mass is 507 g/mol. The van der Waals surface area contributed by atoms with Gasteiger partial charge in [-0.3, -0.25) is 19.1 Å². The summed E-state index contributed by atoms with van der Waals surface area (Å²) in [6, 6.07) is 13.3. The van der Waals surface area contributed by atoms with Crippen LogP contribution in [0.2, 0.25) is 0 Å². The molecule has 0 atom stereocenters. The lowest BCUT2D eigenvalue weighted by Crippen LogP contribution is -2.42. The lowest BCUT2D eigenvalue weighted by molar-refractivity contribution is -0.115. The van der Waals surface area contributed by atoms with Gasteiger partial charge in [0.2, 0.25) is 0 Å². The highest BCUT2D eigenvalue weighted by atomic mass is 32.1. The number of morpholine rings is 1. The first kappa shape index (κ1) is 25.4. The average Bonchev–Trinajstić information content (AvgIpc) is 3.50. The van der Waals surface area contributed by atoms with Gasteiger partial charge >= 0.3 is 0 Å². The largest absolute Gasteiger partial charge is 0.467 e. The van der Waals surface area contributed by atoms with Gasteiger partial charge in [-0.2, -0.15) is 5.26 Å². The number of carbonyl (C=O) groups is 1. The van der Waals surface area contributed by atoms with Crippen molar-refractivity contribution in [3.63, 3.8) is 0 Å². The lowest BCUT2D eigenvalue weighted by atomic mass is 10.2. The lowest BCUT2D eigenvalue weighted by Gasteiger charge is -2.26. The molecule has 0 spiro atoms. The van der Waals surface area contributed by atoms with Gasteiger partial charge < -0.3 is 19.4 Å². The molecule has 1 aromatic carbocycles. The Morgan fingerprint density at radius 3 is 2.61 bits per heavy atom. The van der Waals surface area contributed by atoms with E-state index in [2.05, 4.69) is 10.2 Å². The van der Waals surface area contributed by atoms with Gasteiger partial charge in [-0.15, -0.1) is 11.3 Å². The number of amides is 1. The number of hydrogen-bond donors (Lipinski definition) is 1. The second-order valence-corrected chi connectivity index (χ2v) is 9.60. The van der Waals surface area contributed by atoms with Crippen LogP contribution in [-0.4, -0.2) is 68.9 Å². The van der Waals surface area contributed by atoms with Crippen LogP contribution in [-0.2, 0) is 16.1 Å². The molecular weight excluding hydrogens is 478 g/mol. The summed E-state index contributed by atoms with van der Waals surface area (Å²) in [7, 11) is 3.92. The smallest absolute Gasteiger partial charge is 0.269 e. The standard InChI is InChI=1S/C26H29N5O4S/c1-29(2)20-7-5-19(6-8-20)16-23-25(33)31(18-21-4-3-13-35-21)26(36-23)22(17-27)24(32)28-9-10-30-11-14-34-15-12-30/h3-8,13,16H,9-12,14-15,18H2,1-2H3,(H,28,32). The molecule has 0 unspecified atom stereocenters. The maximum atomic E-state index is 13.4. The molecule has 3 aromatic rings. The summed E-state index contributed by atoms with van der Waals surface area (Å²) in [5.74, 6) is 0.0603. The van der Waals surface area contributed by atoms with E-state index >= 15 is 0 Å². The van der Waals surface area contributed by atoms with Crippen molar-refractivity contribution in [2.45, 2.75) is 6.54 Å². The molecule has 9 nitrogen and oxygen atoms in total. The summed E-state index contributed by atoms with van der Waals surface area (Å²) in [6.45, 7) is 4.16. The van der Waals surface area contributed by atoms with Gasteiger partial charge in [0.1, 0.15) is 16.5 Å². The molecule has 0 radical (unpaired) electrons. The third-order valence-corrected chi connectivity index (χ3v) is 7.01. The number of hydrogen-bond acceptors (Lipinski definition) is 8. The van der Waals surface area contributed by atoms with E-state index in [1.807, 2.05) is 49.3 Å². The molecule has 1 N–H and O–H groups in total. The van der Waals surface area contributed by atoms with Gasteiger partial charge in [0, 0.05) is 46.0 Å². The van der Waals surface area contributed by atoms with Crippen molar-refractivity contribution in [2.75, 3.05) is 58.4 Å². The first-order valence-electron chi connectivity index (χ1n) is 11.7. The van der Waals surface area contributed by atoms with Crippen molar-refractivity contribution in [1.82, 2.24) is 14.8 Å². The molecule has 4 rings (SSSR count). The Hall–Kier alpha value is -3.65. The van der Waals surface area contributed by atoms with Crippen LogP contribution in [0.1, 0.15) is 11.3 Å². The summed E-state index contributed by atoms with van der Waals surface area (Å²) in [5.41, 5.74) is 1.53. The van der Waals surface area contributed by atoms with Gasteiger partial charge in [0.05, 0.1) is 30.6 Å². The number of benzene rings is 1. The van der Waals surface area contributed by atoms with E-state index < -0.39 is 5.91 Å². The van der Waals surface area contributed by atoms with Crippen molar-refractivity contribution in [1.29, 1.82) is 5.26 Å². The topological polar surface area (TPSA) is 104 Å². The number of ether oxygens (including phenoxy) is 1. The molecule has 1 aliphatic rings. The van der Waals surface area contributed by atoms with E-state index in [1.165, 1.54) is 10.8 Å². The molecule has 1 fully saturated rings. The Balaban J connectivity index is 1.69. The minimum Gasteiger partial charge on any atom is -0.467 e. The molecule has 10 heteroatoms. The van der Waals surface area contributed by atoms with Gasteiger partial charge in [-0.25, -0.2) is 0 Å². The zero-order chi connectivity index (χ0) is 25.5. The third kappa shape index (κ3) is 6.12. The number of furan rings is 1. The highest BCUT2D eigenvalue weighted by molar-refractivity contribution is 7.07. The Bertz CT molecular complexity index is 1390. The third-order valence-electron chi connectivity index (χ3n) is 5.88. The van der Waals surface area contributed by atoms with Crippen LogP contribution in [0.25, 0.3) is 11.6 Å². The average molecular weight is 508 g/mol. The van der Waals surface area contributed by atoms with E-state index in [0.717, 1.165) is 35.7 Å². The van der Waals surface area contributed by atoms with Crippen LogP contribution in [0.15, 0.2) is 51.9 Å². The molecule has 2 aromatic heterocycles. The maximum Gasteiger partial charge on any atom is 0.269 e. The summed E-state index contributed by atoms with van der Waals surface area (Å²) in [4.78, 5) is 30.6. The molecule has 0 saturated carbocycles. The van der Waals surface area contributed by atoms with Crippen LogP contribution >= 0.6 is 11.3 Å². The van der Waals surface area contributed by atoms with E-state index in [4.69, 9.17) is 9.15 Å². The van der Waals surface area contributed by atoms with Crippen molar-refractivity contribution in [3.05, 3.63) is 73.5 Å². The molecule has 0 aliphatic carbocycles. The van der Waals surface area contributed by atoms with Gasteiger partial charge in [-0.05, 0) is 35.9 Å². The fourth-order valence-electron chi connectivity index (χ4n) is 3.86. The Kier molecular flexibility index (Phi) is 8.38. The summed E-state index contributed by atoms with van der Waals surface area (Å²) in [5, 5.41) is 12.7. The van der Waals surface area contributed by atoms with Crippen LogP contribution in [0, 0.1) is 11.3 Å². The molecular formula is C26H29N5O4S. The van der Waals surface area contributed by atoms with Crippen molar-refractivity contribution in [2.24, 2.45) is 0 Å². The number of nitriles is 1. The van der Waals surface area contributed by atoms with Crippen LogP contribution < -0.4 is 25.0 Å². The van der Waals surface area contributed by atoms with E-state index in [0.29, 0.717) is 41.3 Å². The zero-order valence-corrected chi connectivity index (χ0v) is 21.2. The summed E-state index contributed by atoms with van der Waals surface area (Å²) < 4.78 is 13.0. The van der Waals surface area contributed by atoms with Crippen LogP contribution in [0.4, 0.5) is 5.69 Å². The number of aromatic nitrogens is 1. The maximum absolute atomic E-state index is 13.4. The minimum absolute atomic E-state index is 0.0896. The normalized spacial score (nSPS) is 15.4. The number of nitrogens with one attached hydrogen (secondary N) is 1. The highest BCUT2D eigenvalue weighted by Crippen LogP contribution is 2.12. The summed E-state index contributed by atoms with van der Waals surface area (Å²) >= 11 is 1.13. The molecule has 36 heavy (non-hydrogen) atoms. The Morgan fingerprint density at radius 2 is 1.97 bits per heavy atom. The molecule has 188 valence electrons. The molecule has 1 saturated heterocycles. The molecule has 1 amide bonds. The van der Waals surface area contributed by atoms with E-state index in [9.17, 15) is 14.9 Å².